The van der Waals surface area contributed by atoms with Gasteiger partial charge in [0.2, 0.25) is 0 Å². The number of carboxylic acid groups (broad SMARTS) is 1. The first-order chi connectivity index (χ1) is 8.25. The van der Waals surface area contributed by atoms with Crippen LogP contribution in [0.2, 0.25) is 0 Å². The van der Waals surface area contributed by atoms with Crippen LogP contribution in [0, 0.1) is 5.92 Å². The Morgan fingerprint density at radius 1 is 1.41 bits per heavy atom. The van der Waals surface area contributed by atoms with Crippen LogP contribution in [-0.2, 0) is 0 Å². The van der Waals surface area contributed by atoms with E-state index in [2.05, 4.69) is 15.3 Å². The molecule has 0 aromatic carbocycles. The first kappa shape index (κ1) is 11.0. The second-order valence-corrected chi connectivity index (χ2v) is 5.36. The molecule has 0 radical (unpaired) electrons. The van der Waals surface area contributed by atoms with Gasteiger partial charge in [-0.1, -0.05) is 11.8 Å². The molecule has 1 amide bonds. The SMILES string of the molecule is O=C(O)N1CCC(C2=CSC3=NCCN23)CC1. The largest absolute Gasteiger partial charge is 0.465 e. The third kappa shape index (κ3) is 1.90. The van der Waals surface area contributed by atoms with E-state index >= 15 is 0 Å². The van der Waals surface area contributed by atoms with Gasteiger partial charge in [-0.05, 0) is 18.2 Å². The molecule has 0 aliphatic carbocycles. The van der Waals surface area contributed by atoms with Crippen molar-refractivity contribution in [3.63, 3.8) is 0 Å². The number of nitrogens with zero attached hydrogens (tertiary/aromatic N) is 3. The summed E-state index contributed by atoms with van der Waals surface area (Å²) in [5.41, 5.74) is 1.36. The number of aliphatic imine (C=N–C) groups is 1. The van der Waals surface area contributed by atoms with Crippen LogP contribution < -0.4 is 0 Å². The van der Waals surface area contributed by atoms with E-state index in [9.17, 15) is 4.79 Å². The quantitative estimate of drug-likeness (QED) is 0.771. The van der Waals surface area contributed by atoms with Gasteiger partial charge in [-0.25, -0.2) is 4.79 Å². The molecule has 0 atom stereocenters. The number of carbonyl (C=O) groups is 1. The maximum Gasteiger partial charge on any atom is 0.407 e. The lowest BCUT2D eigenvalue weighted by Crippen LogP contribution is -2.39. The Balaban J connectivity index is 1.64. The highest BCUT2D eigenvalue weighted by atomic mass is 32.2. The number of amides is 1. The standard InChI is InChI=1S/C11H15N3O2S/c15-11(16)13-4-1-8(2-5-13)9-7-17-10-12-3-6-14(9)10/h7-8H,1-6H2,(H,15,16). The average molecular weight is 253 g/mol. The Morgan fingerprint density at radius 3 is 2.88 bits per heavy atom. The summed E-state index contributed by atoms with van der Waals surface area (Å²) >= 11 is 1.71. The van der Waals surface area contributed by atoms with E-state index in [-0.39, 0.29) is 0 Å². The molecular formula is C11H15N3O2S. The van der Waals surface area contributed by atoms with Gasteiger partial charge < -0.3 is 14.9 Å². The third-order valence-electron chi connectivity index (χ3n) is 3.58. The first-order valence-corrected chi connectivity index (χ1v) is 6.80. The fraction of sp³-hybridized carbons (Fsp3) is 0.636. The van der Waals surface area contributed by atoms with Gasteiger partial charge in [-0.15, -0.1) is 0 Å². The lowest BCUT2D eigenvalue weighted by molar-refractivity contribution is 0.126. The Labute approximate surface area is 104 Å². The minimum absolute atomic E-state index is 0.504. The van der Waals surface area contributed by atoms with Gasteiger partial charge in [0.15, 0.2) is 5.17 Å². The summed E-state index contributed by atoms with van der Waals surface area (Å²) < 4.78 is 0. The number of fused-ring (bicyclic) bond motifs is 1. The molecule has 3 aliphatic heterocycles. The van der Waals surface area contributed by atoms with Crippen LogP contribution in [0.3, 0.4) is 0 Å². The molecule has 6 heteroatoms. The topological polar surface area (TPSA) is 56.1 Å². The molecule has 0 aromatic rings. The summed E-state index contributed by atoms with van der Waals surface area (Å²) in [6.07, 6.45) is 1.08. The number of hydrogen-bond acceptors (Lipinski definition) is 4. The van der Waals surface area contributed by atoms with Crippen LogP contribution in [0.15, 0.2) is 16.1 Å². The van der Waals surface area contributed by atoms with Crippen molar-refractivity contribution < 1.29 is 9.90 Å². The number of piperidine rings is 1. The smallest absolute Gasteiger partial charge is 0.407 e. The highest BCUT2D eigenvalue weighted by molar-refractivity contribution is 8.16. The van der Waals surface area contributed by atoms with Crippen molar-refractivity contribution >= 4 is 23.0 Å². The second-order valence-electron chi connectivity index (χ2n) is 4.52. The zero-order valence-electron chi connectivity index (χ0n) is 9.50. The van der Waals surface area contributed by atoms with Gasteiger partial charge in [-0.2, -0.15) is 0 Å². The Bertz CT molecular complexity index is 400. The molecule has 0 bridgehead atoms. The van der Waals surface area contributed by atoms with Crippen LogP contribution >= 0.6 is 11.8 Å². The summed E-state index contributed by atoms with van der Waals surface area (Å²) in [7, 11) is 0. The van der Waals surface area contributed by atoms with Crippen LogP contribution in [0.25, 0.3) is 0 Å². The van der Waals surface area contributed by atoms with E-state index < -0.39 is 6.09 Å². The Morgan fingerprint density at radius 2 is 2.18 bits per heavy atom. The summed E-state index contributed by atoms with van der Waals surface area (Å²) in [5.74, 6) is 0.504. The predicted octanol–water partition coefficient (Wildman–Crippen LogP) is 1.64. The normalized spacial score (nSPS) is 24.7. The molecule has 1 N–H and O–H groups in total. The predicted molar refractivity (Wildman–Crippen MR) is 67.0 cm³/mol. The molecule has 17 heavy (non-hydrogen) atoms. The molecule has 3 heterocycles. The molecular weight excluding hydrogens is 238 g/mol. The third-order valence-corrected chi connectivity index (χ3v) is 4.50. The van der Waals surface area contributed by atoms with Crippen molar-refractivity contribution in [1.29, 1.82) is 0 Å². The lowest BCUT2D eigenvalue weighted by Gasteiger charge is -2.33. The number of rotatable bonds is 1. The number of thioether (sulfide) groups is 1. The molecule has 0 spiro atoms. The monoisotopic (exact) mass is 253 g/mol. The molecule has 0 saturated carbocycles. The summed E-state index contributed by atoms with van der Waals surface area (Å²) in [6.45, 7) is 3.20. The summed E-state index contributed by atoms with van der Waals surface area (Å²) in [5, 5.41) is 12.2. The minimum Gasteiger partial charge on any atom is -0.465 e. The van der Waals surface area contributed by atoms with E-state index in [1.807, 2.05) is 0 Å². The highest BCUT2D eigenvalue weighted by Crippen LogP contribution is 2.37. The van der Waals surface area contributed by atoms with Crippen LogP contribution in [-0.4, -0.2) is 52.3 Å². The van der Waals surface area contributed by atoms with Gasteiger partial charge in [0.25, 0.3) is 0 Å². The number of likely N-dealkylation sites (tertiary alicyclic amines) is 1. The van der Waals surface area contributed by atoms with Crippen molar-refractivity contribution in [1.82, 2.24) is 9.80 Å². The maximum absolute atomic E-state index is 10.8. The molecule has 3 rings (SSSR count). The Hall–Kier alpha value is -1.17. The van der Waals surface area contributed by atoms with Crippen molar-refractivity contribution in [2.45, 2.75) is 12.8 Å². The van der Waals surface area contributed by atoms with Crippen molar-refractivity contribution in [3.8, 4) is 0 Å². The van der Waals surface area contributed by atoms with Gasteiger partial charge in [0.05, 0.1) is 6.54 Å². The zero-order valence-corrected chi connectivity index (χ0v) is 10.3. The number of amidine groups is 1. The lowest BCUT2D eigenvalue weighted by atomic mass is 9.93. The molecule has 0 aromatic heterocycles. The second kappa shape index (κ2) is 4.25. The van der Waals surface area contributed by atoms with Crippen LogP contribution in [0.1, 0.15) is 12.8 Å². The fourth-order valence-electron chi connectivity index (χ4n) is 2.63. The molecule has 1 fully saturated rings. The van der Waals surface area contributed by atoms with Crippen LogP contribution in [0.4, 0.5) is 4.79 Å². The van der Waals surface area contributed by atoms with Crippen molar-refractivity contribution in [2.75, 3.05) is 26.2 Å². The highest BCUT2D eigenvalue weighted by Gasteiger charge is 2.33. The van der Waals surface area contributed by atoms with Crippen molar-refractivity contribution in [2.24, 2.45) is 10.9 Å². The van der Waals surface area contributed by atoms with E-state index in [4.69, 9.17) is 5.11 Å². The van der Waals surface area contributed by atoms with Crippen LogP contribution in [0.5, 0.6) is 0 Å². The molecule has 0 unspecified atom stereocenters. The van der Waals surface area contributed by atoms with Gasteiger partial charge in [0.1, 0.15) is 0 Å². The van der Waals surface area contributed by atoms with Crippen molar-refractivity contribution in [3.05, 3.63) is 11.1 Å². The van der Waals surface area contributed by atoms with E-state index in [1.165, 1.54) is 10.6 Å². The Kier molecular flexibility index (Phi) is 2.74. The molecule has 5 nitrogen and oxygen atoms in total. The van der Waals surface area contributed by atoms with Gasteiger partial charge in [0, 0.05) is 31.2 Å². The number of allylic oxidation sites excluding steroid dienone is 1. The average Bonchev–Trinajstić information content (AvgIpc) is 2.90. The van der Waals surface area contributed by atoms with E-state index in [0.29, 0.717) is 19.0 Å². The van der Waals surface area contributed by atoms with E-state index in [1.54, 1.807) is 11.8 Å². The zero-order chi connectivity index (χ0) is 11.8. The molecule has 1 saturated heterocycles. The fourth-order valence-corrected chi connectivity index (χ4v) is 3.66. The van der Waals surface area contributed by atoms with Gasteiger partial charge in [-0.3, -0.25) is 4.99 Å². The minimum atomic E-state index is -0.790. The van der Waals surface area contributed by atoms with Gasteiger partial charge >= 0.3 is 6.09 Å². The van der Waals surface area contributed by atoms with E-state index in [0.717, 1.165) is 31.1 Å². The summed E-state index contributed by atoms with van der Waals surface area (Å²) in [4.78, 5) is 19.1. The molecule has 92 valence electrons. The maximum atomic E-state index is 10.8. The number of hydrogen-bond donors (Lipinski definition) is 1. The summed E-state index contributed by atoms with van der Waals surface area (Å²) in [6, 6.07) is 0. The first-order valence-electron chi connectivity index (χ1n) is 5.92. The molecule has 3 aliphatic rings.